The molecule has 0 saturated heterocycles. The van der Waals surface area contributed by atoms with Crippen molar-refractivity contribution < 1.29 is 0 Å². The number of pyridine rings is 1. The second-order valence-electron chi connectivity index (χ2n) is 2.28. The molecule has 1 aromatic rings. The lowest BCUT2D eigenvalue weighted by Gasteiger charge is -2.01. The normalized spacial score (nSPS) is 9.91. The average Bonchev–Trinajstić information content (AvgIpc) is 2.07. The van der Waals surface area contributed by atoms with Crippen LogP contribution in [0.2, 0.25) is 0 Å². The van der Waals surface area contributed by atoms with Gasteiger partial charge in [0, 0.05) is 19.4 Å². The molecule has 0 unspecified atom stereocenters. The highest BCUT2D eigenvalue weighted by Gasteiger charge is 1.88. The van der Waals surface area contributed by atoms with Crippen LogP contribution in [0.1, 0.15) is 5.69 Å². The molecule has 11 heavy (non-hydrogen) atoms. The van der Waals surface area contributed by atoms with Gasteiger partial charge in [0.2, 0.25) is 0 Å². The Morgan fingerprint density at radius 3 is 3.00 bits per heavy atom. The van der Waals surface area contributed by atoms with Crippen molar-refractivity contribution in [2.45, 2.75) is 6.54 Å². The summed E-state index contributed by atoms with van der Waals surface area (Å²) in [7, 11) is 1.91. The quantitative estimate of drug-likeness (QED) is 0.481. The van der Waals surface area contributed by atoms with Gasteiger partial charge in [0.05, 0.1) is 5.69 Å². The van der Waals surface area contributed by atoms with Gasteiger partial charge in [-0.1, -0.05) is 6.07 Å². The van der Waals surface area contributed by atoms with Gasteiger partial charge in [0.25, 0.3) is 0 Å². The number of nitrogens with zero attached hydrogens (tertiary/aromatic N) is 1. The van der Waals surface area contributed by atoms with Gasteiger partial charge < -0.3 is 5.32 Å². The Morgan fingerprint density at radius 1 is 1.45 bits per heavy atom. The lowest BCUT2D eigenvalue weighted by Crippen LogP contribution is -2.25. The van der Waals surface area contributed by atoms with Gasteiger partial charge in [0.1, 0.15) is 0 Å². The van der Waals surface area contributed by atoms with Crippen LogP contribution in [0.3, 0.4) is 0 Å². The van der Waals surface area contributed by atoms with Crippen molar-refractivity contribution >= 4 is 0 Å². The minimum atomic E-state index is 0.816. The number of nitrogens with one attached hydrogen (secondary N) is 2. The molecule has 3 heteroatoms. The van der Waals surface area contributed by atoms with Crippen LogP contribution < -0.4 is 10.6 Å². The van der Waals surface area contributed by atoms with Crippen molar-refractivity contribution in [1.29, 1.82) is 0 Å². The SMILES string of the molecule is CNCNCc1ccccn1. The zero-order chi connectivity index (χ0) is 7.94. The largest absolute Gasteiger partial charge is 0.308 e. The van der Waals surface area contributed by atoms with Gasteiger partial charge in [-0.15, -0.1) is 0 Å². The Morgan fingerprint density at radius 2 is 2.36 bits per heavy atom. The molecule has 1 aromatic heterocycles. The first-order valence-electron chi connectivity index (χ1n) is 3.68. The fourth-order valence-corrected chi connectivity index (χ4v) is 0.818. The molecule has 3 nitrogen and oxygen atoms in total. The molecule has 60 valence electrons. The first kappa shape index (κ1) is 8.17. The third-order valence-corrected chi connectivity index (χ3v) is 1.33. The molecule has 0 radical (unpaired) electrons. The van der Waals surface area contributed by atoms with Crippen LogP contribution in [0.15, 0.2) is 24.4 Å². The number of rotatable bonds is 4. The number of hydrogen-bond acceptors (Lipinski definition) is 3. The van der Waals surface area contributed by atoms with Gasteiger partial charge in [-0.25, -0.2) is 0 Å². The molecular weight excluding hydrogens is 138 g/mol. The molecule has 0 amide bonds. The minimum Gasteiger partial charge on any atom is -0.308 e. The Hall–Kier alpha value is -0.930. The summed E-state index contributed by atoms with van der Waals surface area (Å²) in [5, 5.41) is 6.18. The summed E-state index contributed by atoms with van der Waals surface area (Å²) in [6.45, 7) is 1.64. The smallest absolute Gasteiger partial charge is 0.0542 e. The van der Waals surface area contributed by atoms with Crippen molar-refractivity contribution in [1.82, 2.24) is 15.6 Å². The van der Waals surface area contributed by atoms with Crippen molar-refractivity contribution in [3.8, 4) is 0 Å². The molecule has 0 aliphatic heterocycles. The van der Waals surface area contributed by atoms with E-state index in [4.69, 9.17) is 0 Å². The molecule has 0 aliphatic rings. The van der Waals surface area contributed by atoms with Gasteiger partial charge in [-0.2, -0.15) is 0 Å². The van der Waals surface area contributed by atoms with E-state index < -0.39 is 0 Å². The molecule has 0 aromatic carbocycles. The molecule has 0 aliphatic carbocycles. The molecule has 1 rings (SSSR count). The topological polar surface area (TPSA) is 37.0 Å². The Kier molecular flexibility index (Phi) is 3.58. The lowest BCUT2D eigenvalue weighted by molar-refractivity contribution is 0.624. The highest BCUT2D eigenvalue weighted by Crippen LogP contribution is 1.90. The summed E-state index contributed by atoms with van der Waals surface area (Å²) in [6, 6.07) is 5.91. The van der Waals surface area contributed by atoms with Crippen molar-refractivity contribution in [3.63, 3.8) is 0 Å². The van der Waals surface area contributed by atoms with Gasteiger partial charge in [-0.05, 0) is 19.2 Å². The second-order valence-corrected chi connectivity index (χ2v) is 2.28. The van der Waals surface area contributed by atoms with E-state index in [0.717, 1.165) is 18.9 Å². The van der Waals surface area contributed by atoms with Crippen molar-refractivity contribution in [2.75, 3.05) is 13.7 Å². The third-order valence-electron chi connectivity index (χ3n) is 1.33. The lowest BCUT2D eigenvalue weighted by atomic mass is 10.3. The summed E-state index contributed by atoms with van der Waals surface area (Å²) in [5.41, 5.74) is 1.07. The van der Waals surface area contributed by atoms with E-state index >= 15 is 0 Å². The van der Waals surface area contributed by atoms with E-state index in [2.05, 4.69) is 15.6 Å². The summed E-state index contributed by atoms with van der Waals surface area (Å²) >= 11 is 0. The van der Waals surface area contributed by atoms with E-state index in [1.165, 1.54) is 0 Å². The summed E-state index contributed by atoms with van der Waals surface area (Å²) < 4.78 is 0. The maximum Gasteiger partial charge on any atom is 0.0542 e. The molecule has 2 N–H and O–H groups in total. The van der Waals surface area contributed by atoms with Crippen LogP contribution in [0.25, 0.3) is 0 Å². The van der Waals surface area contributed by atoms with Crippen LogP contribution in [-0.2, 0) is 6.54 Å². The Bertz CT molecular complexity index is 186. The standard InChI is InChI=1S/C8H13N3/c1-9-7-10-6-8-4-2-3-5-11-8/h2-5,9-10H,6-7H2,1H3. The van der Waals surface area contributed by atoms with Gasteiger partial charge >= 0.3 is 0 Å². The maximum atomic E-state index is 4.16. The van der Waals surface area contributed by atoms with Crippen LogP contribution in [0.5, 0.6) is 0 Å². The monoisotopic (exact) mass is 151 g/mol. The zero-order valence-electron chi connectivity index (χ0n) is 6.67. The summed E-state index contributed by atoms with van der Waals surface area (Å²) in [4.78, 5) is 4.16. The molecule has 0 atom stereocenters. The fourth-order valence-electron chi connectivity index (χ4n) is 0.818. The van der Waals surface area contributed by atoms with E-state index in [9.17, 15) is 0 Å². The van der Waals surface area contributed by atoms with Crippen LogP contribution in [0.4, 0.5) is 0 Å². The highest BCUT2D eigenvalue weighted by molar-refractivity contribution is 5.02. The summed E-state index contributed by atoms with van der Waals surface area (Å²) in [6.07, 6.45) is 1.80. The minimum absolute atomic E-state index is 0.816. The van der Waals surface area contributed by atoms with E-state index in [0.29, 0.717) is 0 Å². The van der Waals surface area contributed by atoms with Gasteiger partial charge in [-0.3, -0.25) is 10.3 Å². The zero-order valence-corrected chi connectivity index (χ0v) is 6.67. The van der Waals surface area contributed by atoms with Crippen LogP contribution >= 0.6 is 0 Å². The van der Waals surface area contributed by atoms with E-state index in [-0.39, 0.29) is 0 Å². The predicted molar refractivity (Wildman–Crippen MR) is 45.0 cm³/mol. The Balaban J connectivity index is 2.28. The second kappa shape index (κ2) is 4.82. The fraction of sp³-hybridized carbons (Fsp3) is 0.375. The highest BCUT2D eigenvalue weighted by atomic mass is 15.0. The first-order chi connectivity index (χ1) is 5.43. The number of hydrogen-bond donors (Lipinski definition) is 2. The van der Waals surface area contributed by atoms with E-state index in [1.54, 1.807) is 6.20 Å². The molecule has 0 spiro atoms. The molecule has 0 fully saturated rings. The third kappa shape index (κ3) is 3.11. The molecule has 0 saturated carbocycles. The molecule has 1 heterocycles. The summed E-state index contributed by atoms with van der Waals surface area (Å²) in [5.74, 6) is 0. The molecule has 0 bridgehead atoms. The first-order valence-corrected chi connectivity index (χ1v) is 3.68. The van der Waals surface area contributed by atoms with Crippen LogP contribution in [0, 0.1) is 0 Å². The predicted octanol–water partition coefficient (Wildman–Crippen LogP) is 0.348. The molecular formula is C8H13N3. The van der Waals surface area contributed by atoms with Crippen LogP contribution in [-0.4, -0.2) is 18.7 Å². The van der Waals surface area contributed by atoms with Crippen molar-refractivity contribution in [2.24, 2.45) is 0 Å². The van der Waals surface area contributed by atoms with E-state index in [1.807, 2.05) is 25.2 Å². The average molecular weight is 151 g/mol. The van der Waals surface area contributed by atoms with Gasteiger partial charge in [0.15, 0.2) is 0 Å². The number of aromatic nitrogens is 1. The van der Waals surface area contributed by atoms with Crippen molar-refractivity contribution in [3.05, 3.63) is 30.1 Å². The Labute approximate surface area is 66.8 Å². The maximum absolute atomic E-state index is 4.16.